The first-order chi connectivity index (χ1) is 15.4. The summed E-state index contributed by atoms with van der Waals surface area (Å²) in [5.74, 6) is -0.376. The maximum absolute atomic E-state index is 14.0. The second-order valence-electron chi connectivity index (χ2n) is 7.60. The van der Waals surface area contributed by atoms with Gasteiger partial charge in [0.15, 0.2) is 4.87 Å². The molecule has 8 heteroatoms. The Morgan fingerprint density at radius 3 is 2.56 bits per heavy atom. The second-order valence-corrected chi connectivity index (χ2v) is 9.73. The van der Waals surface area contributed by atoms with Crippen molar-refractivity contribution in [1.82, 2.24) is 4.90 Å². The molecule has 2 aliphatic rings. The highest BCUT2D eigenvalue weighted by molar-refractivity contribution is 8.01. The Bertz CT molecular complexity index is 1240. The molecule has 3 aromatic carbocycles. The number of carbonyl (C=O) groups is 2. The van der Waals surface area contributed by atoms with Gasteiger partial charge in [-0.05, 0) is 54.1 Å². The van der Waals surface area contributed by atoms with Crippen molar-refractivity contribution >= 4 is 52.5 Å². The highest BCUT2D eigenvalue weighted by Crippen LogP contribution is 2.55. The normalized spacial score (nSPS) is 19.7. The summed E-state index contributed by atoms with van der Waals surface area (Å²) >= 11 is 14.1. The Balaban J connectivity index is 1.60. The molecule has 162 valence electrons. The highest BCUT2D eigenvalue weighted by Gasteiger charge is 2.59. The molecule has 4 nitrogen and oxygen atoms in total. The molecule has 0 aliphatic carbocycles. The molecule has 1 fully saturated rings. The van der Waals surface area contributed by atoms with Gasteiger partial charge in [-0.1, -0.05) is 41.4 Å². The topological polar surface area (TPSA) is 40.6 Å². The summed E-state index contributed by atoms with van der Waals surface area (Å²) in [6, 6.07) is 18.0. The molecule has 3 aromatic rings. The molecule has 0 saturated carbocycles. The largest absolute Gasteiger partial charge is 0.311 e. The number of amides is 2. The van der Waals surface area contributed by atoms with Crippen molar-refractivity contribution in [1.29, 1.82) is 0 Å². The van der Waals surface area contributed by atoms with Gasteiger partial charge in [-0.25, -0.2) is 4.39 Å². The van der Waals surface area contributed by atoms with Crippen LogP contribution in [0.25, 0.3) is 0 Å². The second kappa shape index (κ2) is 8.10. The van der Waals surface area contributed by atoms with Gasteiger partial charge >= 0.3 is 0 Å². The van der Waals surface area contributed by atoms with Crippen LogP contribution in [0.3, 0.4) is 0 Å². The van der Waals surface area contributed by atoms with Gasteiger partial charge in [-0.2, -0.15) is 0 Å². The van der Waals surface area contributed by atoms with Crippen LogP contribution in [-0.2, 0) is 16.2 Å². The van der Waals surface area contributed by atoms with Crippen molar-refractivity contribution < 1.29 is 14.0 Å². The molecular weight excluding hydrogens is 470 g/mol. The van der Waals surface area contributed by atoms with Crippen molar-refractivity contribution in [2.75, 3.05) is 17.2 Å². The fourth-order valence-electron chi connectivity index (χ4n) is 4.29. The van der Waals surface area contributed by atoms with E-state index in [9.17, 15) is 14.0 Å². The van der Waals surface area contributed by atoms with Crippen molar-refractivity contribution in [3.63, 3.8) is 0 Å². The van der Waals surface area contributed by atoms with Crippen molar-refractivity contribution in [3.05, 3.63) is 99.3 Å². The van der Waals surface area contributed by atoms with Crippen LogP contribution >= 0.6 is 35.0 Å². The molecule has 2 heterocycles. The zero-order chi connectivity index (χ0) is 22.5. The third kappa shape index (κ3) is 3.29. The number of nitrogens with zero attached hydrogens (tertiary/aromatic N) is 2. The van der Waals surface area contributed by atoms with Crippen LogP contribution in [-0.4, -0.2) is 29.0 Å². The maximum Gasteiger partial charge on any atom is 0.268 e. The molecule has 2 aliphatic heterocycles. The van der Waals surface area contributed by atoms with E-state index in [1.54, 1.807) is 34.1 Å². The molecule has 0 unspecified atom stereocenters. The number of rotatable bonds is 3. The first-order valence-corrected chi connectivity index (χ1v) is 11.7. The van der Waals surface area contributed by atoms with Gasteiger partial charge in [0.1, 0.15) is 5.82 Å². The number of hydrogen-bond donors (Lipinski definition) is 0. The lowest BCUT2D eigenvalue weighted by Gasteiger charge is -2.33. The minimum absolute atomic E-state index is 0.215. The van der Waals surface area contributed by atoms with Gasteiger partial charge in [0.2, 0.25) is 0 Å². The monoisotopic (exact) mass is 486 g/mol. The van der Waals surface area contributed by atoms with E-state index in [4.69, 9.17) is 23.2 Å². The van der Waals surface area contributed by atoms with Crippen LogP contribution in [0.4, 0.5) is 10.1 Å². The maximum atomic E-state index is 14.0. The molecule has 1 atom stereocenters. The quantitative estimate of drug-likeness (QED) is 0.475. The van der Waals surface area contributed by atoms with E-state index in [2.05, 4.69) is 0 Å². The molecule has 1 spiro atoms. The number of halogens is 3. The summed E-state index contributed by atoms with van der Waals surface area (Å²) in [4.78, 5) is 29.4. The molecule has 32 heavy (non-hydrogen) atoms. The van der Waals surface area contributed by atoms with E-state index >= 15 is 0 Å². The first-order valence-electron chi connectivity index (χ1n) is 9.99. The van der Waals surface area contributed by atoms with Crippen LogP contribution in [0.15, 0.2) is 66.7 Å². The SMILES string of the molecule is O=C(c1ccc(F)cc1)N1CCS[C@]12C(=O)N(Cc1ccccc1Cl)c1ccc(Cl)cc12. The molecule has 0 bridgehead atoms. The summed E-state index contributed by atoms with van der Waals surface area (Å²) in [7, 11) is 0. The fraction of sp³-hybridized carbons (Fsp3) is 0.167. The summed E-state index contributed by atoms with van der Waals surface area (Å²) < 4.78 is 13.4. The third-order valence-electron chi connectivity index (χ3n) is 5.78. The lowest BCUT2D eigenvalue weighted by molar-refractivity contribution is -0.123. The summed E-state index contributed by atoms with van der Waals surface area (Å²) in [5.41, 5.74) is 2.51. The van der Waals surface area contributed by atoms with E-state index < -0.39 is 10.7 Å². The van der Waals surface area contributed by atoms with Crippen LogP contribution in [0.5, 0.6) is 0 Å². The summed E-state index contributed by atoms with van der Waals surface area (Å²) in [5, 5.41) is 1.05. The van der Waals surface area contributed by atoms with Crippen LogP contribution in [0.1, 0.15) is 21.5 Å². The van der Waals surface area contributed by atoms with Crippen molar-refractivity contribution in [2.45, 2.75) is 11.4 Å². The summed E-state index contributed by atoms with van der Waals surface area (Å²) in [6.45, 7) is 0.659. The van der Waals surface area contributed by atoms with Crippen molar-refractivity contribution in [3.8, 4) is 0 Å². The minimum atomic E-state index is -1.23. The molecule has 0 N–H and O–H groups in total. The number of hydrogen-bond acceptors (Lipinski definition) is 3. The van der Waals surface area contributed by atoms with Crippen LogP contribution in [0.2, 0.25) is 10.0 Å². The average molecular weight is 487 g/mol. The molecule has 0 aromatic heterocycles. The Hall–Kier alpha value is -2.54. The molecule has 5 rings (SSSR count). The van der Waals surface area contributed by atoms with Gasteiger partial charge in [-0.3, -0.25) is 9.59 Å². The van der Waals surface area contributed by atoms with E-state index in [1.807, 2.05) is 18.2 Å². The van der Waals surface area contributed by atoms with E-state index in [0.29, 0.717) is 39.2 Å². The van der Waals surface area contributed by atoms with Gasteiger partial charge < -0.3 is 9.80 Å². The van der Waals surface area contributed by atoms with Crippen molar-refractivity contribution in [2.24, 2.45) is 0 Å². The van der Waals surface area contributed by atoms with Gasteiger partial charge in [0, 0.05) is 33.5 Å². The standard InChI is InChI=1S/C24H17Cl2FN2O2S/c25-17-7-10-21-19(13-17)24(23(31)28(21)14-16-3-1-2-4-20(16)26)29(11-12-32-24)22(30)15-5-8-18(27)9-6-15/h1-10,13H,11-12,14H2/t24-/m1/s1. The highest BCUT2D eigenvalue weighted by atomic mass is 35.5. The summed E-state index contributed by atoms with van der Waals surface area (Å²) in [6.07, 6.45) is 0. The number of thioether (sulfide) groups is 1. The van der Waals surface area contributed by atoms with Crippen LogP contribution in [0, 0.1) is 5.82 Å². The Morgan fingerprint density at radius 1 is 1.06 bits per heavy atom. The number of anilines is 1. The van der Waals surface area contributed by atoms with Gasteiger partial charge in [-0.15, -0.1) is 11.8 Å². The lowest BCUT2D eigenvalue weighted by atomic mass is 10.0. The van der Waals surface area contributed by atoms with Gasteiger partial charge in [0.05, 0.1) is 12.2 Å². The zero-order valence-electron chi connectivity index (χ0n) is 16.7. The van der Waals surface area contributed by atoms with Crippen LogP contribution < -0.4 is 4.90 Å². The molecule has 1 saturated heterocycles. The van der Waals surface area contributed by atoms with Gasteiger partial charge in [0.25, 0.3) is 11.8 Å². The third-order valence-corrected chi connectivity index (χ3v) is 7.80. The van der Waals surface area contributed by atoms with E-state index in [1.165, 1.54) is 36.0 Å². The number of fused-ring (bicyclic) bond motifs is 2. The average Bonchev–Trinajstić information content (AvgIpc) is 3.32. The molecule has 0 radical (unpaired) electrons. The molecular formula is C24H17Cl2FN2O2S. The van der Waals surface area contributed by atoms with E-state index in [-0.39, 0.29) is 18.4 Å². The minimum Gasteiger partial charge on any atom is -0.311 e. The Kier molecular flexibility index (Phi) is 5.40. The smallest absolute Gasteiger partial charge is 0.268 e. The number of carbonyl (C=O) groups excluding carboxylic acids is 2. The van der Waals surface area contributed by atoms with E-state index in [0.717, 1.165) is 5.56 Å². The zero-order valence-corrected chi connectivity index (χ0v) is 19.1. The molecule has 2 amide bonds. The Morgan fingerprint density at radius 2 is 1.81 bits per heavy atom. The fourth-order valence-corrected chi connectivity index (χ4v) is 6.11. The predicted octanol–water partition coefficient (Wildman–Crippen LogP) is 5.72. The Labute approximate surface area is 198 Å². The lowest BCUT2D eigenvalue weighted by Crippen LogP contribution is -2.50. The predicted molar refractivity (Wildman–Crippen MR) is 126 cm³/mol. The first kappa shape index (κ1) is 21.3. The number of benzene rings is 3.